The second-order valence-electron chi connectivity index (χ2n) is 3.54. The fourth-order valence-electron chi connectivity index (χ4n) is 1.35. The van der Waals surface area contributed by atoms with Gasteiger partial charge in [0.1, 0.15) is 0 Å². The maximum atomic E-state index is 3.64. The van der Waals surface area contributed by atoms with Gasteiger partial charge in [-0.3, -0.25) is 0 Å². The molecule has 0 fully saturated rings. The lowest BCUT2D eigenvalue weighted by Gasteiger charge is -1.96. The summed E-state index contributed by atoms with van der Waals surface area (Å²) in [4.78, 5) is 0. The van der Waals surface area contributed by atoms with Crippen LogP contribution in [-0.2, 0) is 0 Å². The Balaban J connectivity index is 3.02. The molecule has 0 rings (SSSR count). The first-order valence-corrected chi connectivity index (χ1v) is 5.84. The van der Waals surface area contributed by atoms with Crippen LogP contribution in [0, 0.1) is 0 Å². The zero-order valence-electron chi connectivity index (χ0n) is 9.54. The molecule has 0 nitrogen and oxygen atoms in total. The molecule has 0 aliphatic rings. The number of allylic oxidation sites excluding steroid dienone is 5. The highest BCUT2D eigenvalue weighted by molar-refractivity contribution is 4.96. The second kappa shape index (κ2) is 12.2. The van der Waals surface area contributed by atoms with Crippen LogP contribution in [-0.4, -0.2) is 0 Å². The van der Waals surface area contributed by atoms with E-state index in [4.69, 9.17) is 0 Å². The van der Waals surface area contributed by atoms with Crippen molar-refractivity contribution >= 4 is 0 Å². The lowest BCUT2D eigenvalue weighted by molar-refractivity contribution is 0.652. The van der Waals surface area contributed by atoms with E-state index < -0.39 is 0 Å². The molecule has 0 aliphatic heterocycles. The van der Waals surface area contributed by atoms with Crippen LogP contribution < -0.4 is 0 Å². The first-order chi connectivity index (χ1) is 6.91. The molecule has 0 atom stereocenters. The second-order valence-corrected chi connectivity index (χ2v) is 3.54. The third-order valence-electron chi connectivity index (χ3n) is 2.17. The van der Waals surface area contributed by atoms with E-state index in [0.717, 1.165) is 0 Å². The molecule has 0 saturated carbocycles. The number of hydrogen-bond acceptors (Lipinski definition) is 0. The Bertz CT molecular complexity index is 163. The minimum absolute atomic E-state index is 1.17. The zero-order chi connectivity index (χ0) is 10.5. The van der Waals surface area contributed by atoms with Gasteiger partial charge in [0.15, 0.2) is 0 Å². The van der Waals surface area contributed by atoms with Gasteiger partial charge in [-0.25, -0.2) is 0 Å². The first kappa shape index (κ1) is 13.2. The Kier molecular flexibility index (Phi) is 11.5. The standard InChI is InChI=1S/C14H24/c1-3-5-7-9-11-13-14-12-10-8-6-4-2/h3,5-8H,1,4,9-14H2,2H3/b7-5+,8-6?. The summed E-state index contributed by atoms with van der Waals surface area (Å²) in [5.74, 6) is 0. The van der Waals surface area contributed by atoms with Crippen LogP contribution in [0.5, 0.6) is 0 Å². The Morgan fingerprint density at radius 3 is 2.07 bits per heavy atom. The average molecular weight is 192 g/mol. The summed E-state index contributed by atoms with van der Waals surface area (Å²) in [6.07, 6.45) is 19.7. The highest BCUT2D eigenvalue weighted by Gasteiger charge is 1.86. The van der Waals surface area contributed by atoms with E-state index in [1.807, 2.05) is 12.2 Å². The summed E-state index contributed by atoms with van der Waals surface area (Å²) < 4.78 is 0. The third-order valence-corrected chi connectivity index (χ3v) is 2.17. The summed E-state index contributed by atoms with van der Waals surface area (Å²) in [5.41, 5.74) is 0. The number of hydrogen-bond donors (Lipinski definition) is 0. The van der Waals surface area contributed by atoms with Crippen molar-refractivity contribution in [1.29, 1.82) is 0 Å². The Morgan fingerprint density at radius 1 is 0.857 bits per heavy atom. The van der Waals surface area contributed by atoms with Crippen LogP contribution in [0.2, 0.25) is 0 Å². The van der Waals surface area contributed by atoms with Gasteiger partial charge in [0.25, 0.3) is 0 Å². The Labute approximate surface area is 89.4 Å². The minimum atomic E-state index is 1.17. The van der Waals surface area contributed by atoms with Crippen LogP contribution in [0.25, 0.3) is 0 Å². The predicted molar refractivity (Wildman–Crippen MR) is 66.5 cm³/mol. The lowest BCUT2D eigenvalue weighted by atomic mass is 10.1. The Morgan fingerprint density at radius 2 is 1.50 bits per heavy atom. The van der Waals surface area contributed by atoms with Crippen LogP contribution >= 0.6 is 0 Å². The molecule has 0 aromatic carbocycles. The van der Waals surface area contributed by atoms with Gasteiger partial charge in [-0.05, 0) is 32.1 Å². The number of rotatable bonds is 9. The first-order valence-electron chi connectivity index (χ1n) is 5.84. The zero-order valence-corrected chi connectivity index (χ0v) is 9.54. The van der Waals surface area contributed by atoms with E-state index in [1.54, 1.807) is 0 Å². The van der Waals surface area contributed by atoms with E-state index in [1.165, 1.54) is 44.9 Å². The average Bonchev–Trinajstić information content (AvgIpc) is 2.21. The van der Waals surface area contributed by atoms with Crippen molar-refractivity contribution in [1.82, 2.24) is 0 Å². The van der Waals surface area contributed by atoms with Gasteiger partial charge in [-0.1, -0.05) is 56.7 Å². The van der Waals surface area contributed by atoms with Crippen molar-refractivity contribution in [2.24, 2.45) is 0 Å². The fourth-order valence-corrected chi connectivity index (χ4v) is 1.35. The maximum absolute atomic E-state index is 3.64. The van der Waals surface area contributed by atoms with Crippen LogP contribution in [0.4, 0.5) is 0 Å². The molecule has 14 heavy (non-hydrogen) atoms. The summed E-state index contributed by atoms with van der Waals surface area (Å²) in [7, 11) is 0. The van der Waals surface area contributed by atoms with E-state index >= 15 is 0 Å². The van der Waals surface area contributed by atoms with Crippen LogP contribution in [0.3, 0.4) is 0 Å². The van der Waals surface area contributed by atoms with Crippen molar-refractivity contribution < 1.29 is 0 Å². The SMILES string of the molecule is C=C/C=C/CCCCCCC=CCC. The molecular formula is C14H24. The molecule has 80 valence electrons. The maximum Gasteiger partial charge on any atom is -0.0348 e. The van der Waals surface area contributed by atoms with E-state index in [2.05, 4.69) is 31.7 Å². The van der Waals surface area contributed by atoms with E-state index in [0.29, 0.717) is 0 Å². The fraction of sp³-hybridized carbons (Fsp3) is 0.571. The molecule has 0 heteroatoms. The van der Waals surface area contributed by atoms with Crippen molar-refractivity contribution in [3.05, 3.63) is 37.0 Å². The molecule has 0 aromatic heterocycles. The third kappa shape index (κ3) is 11.2. The predicted octanol–water partition coefficient (Wildman–Crippen LogP) is 5.04. The summed E-state index contributed by atoms with van der Waals surface area (Å²) in [5, 5.41) is 0. The highest BCUT2D eigenvalue weighted by Crippen LogP contribution is 2.06. The molecule has 0 heterocycles. The van der Waals surface area contributed by atoms with Gasteiger partial charge in [0.2, 0.25) is 0 Å². The monoisotopic (exact) mass is 192 g/mol. The van der Waals surface area contributed by atoms with Crippen LogP contribution in [0.1, 0.15) is 51.9 Å². The van der Waals surface area contributed by atoms with Crippen molar-refractivity contribution in [3.8, 4) is 0 Å². The molecule has 0 saturated heterocycles. The normalized spacial score (nSPS) is 11.5. The smallest absolute Gasteiger partial charge is 0.0348 e. The molecule has 0 radical (unpaired) electrons. The van der Waals surface area contributed by atoms with Gasteiger partial charge >= 0.3 is 0 Å². The quantitative estimate of drug-likeness (QED) is 0.273. The molecular weight excluding hydrogens is 168 g/mol. The molecule has 0 aliphatic carbocycles. The van der Waals surface area contributed by atoms with Crippen molar-refractivity contribution in [3.63, 3.8) is 0 Å². The summed E-state index contributed by atoms with van der Waals surface area (Å²) >= 11 is 0. The minimum Gasteiger partial charge on any atom is -0.0991 e. The molecule has 0 N–H and O–H groups in total. The highest BCUT2D eigenvalue weighted by atomic mass is 13.9. The lowest BCUT2D eigenvalue weighted by Crippen LogP contribution is -1.76. The van der Waals surface area contributed by atoms with E-state index in [9.17, 15) is 0 Å². The molecule has 0 spiro atoms. The topological polar surface area (TPSA) is 0 Å². The largest absolute Gasteiger partial charge is 0.0991 e. The summed E-state index contributed by atoms with van der Waals surface area (Å²) in [6.45, 7) is 5.83. The molecule has 0 bridgehead atoms. The van der Waals surface area contributed by atoms with Gasteiger partial charge in [-0.2, -0.15) is 0 Å². The molecule has 0 aromatic rings. The van der Waals surface area contributed by atoms with Gasteiger partial charge in [0.05, 0.1) is 0 Å². The van der Waals surface area contributed by atoms with Crippen LogP contribution in [0.15, 0.2) is 37.0 Å². The van der Waals surface area contributed by atoms with Crippen molar-refractivity contribution in [2.75, 3.05) is 0 Å². The summed E-state index contributed by atoms with van der Waals surface area (Å²) in [6, 6.07) is 0. The van der Waals surface area contributed by atoms with Crippen molar-refractivity contribution in [2.45, 2.75) is 51.9 Å². The van der Waals surface area contributed by atoms with Gasteiger partial charge in [-0.15, -0.1) is 0 Å². The van der Waals surface area contributed by atoms with E-state index in [-0.39, 0.29) is 0 Å². The van der Waals surface area contributed by atoms with Gasteiger partial charge in [0, 0.05) is 0 Å². The molecule has 0 amide bonds. The van der Waals surface area contributed by atoms with Gasteiger partial charge < -0.3 is 0 Å². The number of unbranched alkanes of at least 4 members (excludes halogenated alkanes) is 5. The Hall–Kier alpha value is -0.780. The molecule has 0 unspecified atom stereocenters.